The van der Waals surface area contributed by atoms with Crippen molar-refractivity contribution in [3.63, 3.8) is 0 Å². The minimum atomic E-state index is -0.995. The van der Waals surface area contributed by atoms with Crippen LogP contribution in [0.5, 0.6) is 0 Å². The van der Waals surface area contributed by atoms with Gasteiger partial charge in [-0.2, -0.15) is 0 Å². The minimum Gasteiger partial charge on any atom is -0.456 e. The molecule has 1 radical (unpaired) electrons. The fraction of sp³-hybridized carbons (Fsp3) is 0.200. The Morgan fingerprint density at radius 3 is 2.44 bits per heavy atom. The van der Waals surface area contributed by atoms with Crippen molar-refractivity contribution in [1.82, 2.24) is 0 Å². The number of aliphatic hydroxyl groups is 1. The molecule has 1 aromatic heterocycles. The summed E-state index contributed by atoms with van der Waals surface area (Å²) < 4.78 is 12.4. The summed E-state index contributed by atoms with van der Waals surface area (Å²) in [7, 11) is 1.73. The van der Waals surface area contributed by atoms with E-state index in [-0.39, 0.29) is 5.37 Å². The second kappa shape index (κ2) is 9.69. The van der Waals surface area contributed by atoms with Gasteiger partial charge in [0.25, 0.3) is 0 Å². The van der Waals surface area contributed by atoms with Crippen molar-refractivity contribution in [3.8, 4) is 11.1 Å². The number of rotatable bonds is 6. The van der Waals surface area contributed by atoms with Gasteiger partial charge >= 0.3 is 7.48 Å². The second-order valence-corrected chi connectivity index (χ2v) is 12.8. The summed E-state index contributed by atoms with van der Waals surface area (Å²) in [6, 6.07) is 34.0. The molecule has 203 valence electrons. The fourth-order valence-corrected chi connectivity index (χ4v) is 6.71. The lowest BCUT2D eigenvalue weighted by molar-refractivity contribution is -0.0893. The van der Waals surface area contributed by atoms with Gasteiger partial charge in [0, 0.05) is 21.4 Å². The van der Waals surface area contributed by atoms with Crippen molar-refractivity contribution >= 4 is 63.1 Å². The van der Waals surface area contributed by atoms with Crippen molar-refractivity contribution in [3.05, 3.63) is 103 Å². The number of nitrogens with one attached hydrogen (secondary N) is 1. The summed E-state index contributed by atoms with van der Waals surface area (Å²) in [5.41, 5.74) is 5.57. The molecule has 1 unspecified atom stereocenters. The molecule has 0 saturated carbocycles. The van der Waals surface area contributed by atoms with Gasteiger partial charge in [-0.25, -0.2) is 0 Å². The number of fused-ring (bicyclic) bond motifs is 6. The van der Waals surface area contributed by atoms with Crippen LogP contribution in [0.1, 0.15) is 38.6 Å². The fourth-order valence-electron chi connectivity index (χ4n) is 5.39. The number of thioether (sulfide) groups is 1. The first-order valence-corrected chi connectivity index (χ1v) is 14.8. The number of anilines is 1. The zero-order valence-corrected chi connectivity index (χ0v) is 24.4. The first-order valence-electron chi connectivity index (χ1n) is 13.9. The molecule has 6 aromatic rings. The molecule has 4 nitrogen and oxygen atoms in total. The molecule has 0 aliphatic carbocycles. The first kappa shape index (κ1) is 26.2. The van der Waals surface area contributed by atoms with E-state index in [0.717, 1.165) is 33.0 Å². The zero-order valence-electron chi connectivity index (χ0n) is 23.6. The van der Waals surface area contributed by atoms with Crippen molar-refractivity contribution in [2.75, 3.05) is 5.32 Å². The van der Waals surface area contributed by atoms with Gasteiger partial charge in [-0.1, -0.05) is 96.1 Å². The Labute approximate surface area is 245 Å². The Balaban J connectivity index is 1.30. The van der Waals surface area contributed by atoms with Gasteiger partial charge in [-0.3, -0.25) is 0 Å². The Bertz CT molecular complexity index is 1940. The van der Waals surface area contributed by atoms with E-state index < -0.39 is 11.2 Å². The van der Waals surface area contributed by atoms with E-state index in [4.69, 9.17) is 9.07 Å². The summed E-state index contributed by atoms with van der Waals surface area (Å²) in [5.74, 6) is 0. The maximum absolute atomic E-state index is 10.5. The van der Waals surface area contributed by atoms with E-state index in [0.29, 0.717) is 0 Å². The van der Waals surface area contributed by atoms with Gasteiger partial charge in [0.2, 0.25) is 0 Å². The summed E-state index contributed by atoms with van der Waals surface area (Å²) >= 11 is 1.88. The Kier molecular flexibility index (Phi) is 6.20. The molecule has 6 heteroatoms. The third-order valence-corrected chi connectivity index (χ3v) is 9.70. The maximum atomic E-state index is 10.5. The van der Waals surface area contributed by atoms with Gasteiger partial charge in [-0.05, 0) is 73.4 Å². The quantitative estimate of drug-likeness (QED) is 0.202. The molecule has 1 aliphatic heterocycles. The molecule has 0 amide bonds. The first-order chi connectivity index (χ1) is 19.7. The molecule has 7 rings (SSSR count). The highest BCUT2D eigenvalue weighted by atomic mass is 32.2. The van der Waals surface area contributed by atoms with Crippen LogP contribution in [0.25, 0.3) is 43.8 Å². The van der Waals surface area contributed by atoms with E-state index >= 15 is 0 Å². The van der Waals surface area contributed by atoms with E-state index in [2.05, 4.69) is 84.2 Å². The van der Waals surface area contributed by atoms with Crippen LogP contribution < -0.4 is 10.8 Å². The van der Waals surface area contributed by atoms with Crippen LogP contribution in [0.2, 0.25) is 0 Å². The van der Waals surface area contributed by atoms with Crippen LogP contribution in [-0.4, -0.2) is 23.8 Å². The lowest BCUT2D eigenvalue weighted by atomic mass is 9.82. The molecule has 41 heavy (non-hydrogen) atoms. The van der Waals surface area contributed by atoms with E-state index in [1.54, 1.807) is 21.3 Å². The Morgan fingerprint density at radius 2 is 1.59 bits per heavy atom. The van der Waals surface area contributed by atoms with Crippen molar-refractivity contribution in [2.45, 2.75) is 49.2 Å². The van der Waals surface area contributed by atoms with Crippen molar-refractivity contribution in [2.24, 2.45) is 0 Å². The van der Waals surface area contributed by atoms with E-state index in [1.807, 2.05) is 43.8 Å². The van der Waals surface area contributed by atoms with Gasteiger partial charge in [0.05, 0.1) is 11.2 Å². The predicted octanol–water partition coefficient (Wildman–Crippen LogP) is 8.43. The summed E-state index contributed by atoms with van der Waals surface area (Å²) in [6.45, 7) is 7.30. The highest BCUT2D eigenvalue weighted by Gasteiger charge is 2.35. The molecule has 0 bridgehead atoms. The summed E-state index contributed by atoms with van der Waals surface area (Å²) in [5, 5.41) is 19.0. The third-order valence-electron chi connectivity index (χ3n) is 8.42. The van der Waals surface area contributed by atoms with Crippen LogP contribution in [0.3, 0.4) is 0 Å². The molecular formula is C35H31BNO3S. The van der Waals surface area contributed by atoms with Crippen LogP contribution in [-0.2, 0) is 4.65 Å². The van der Waals surface area contributed by atoms with E-state index in [9.17, 15) is 5.11 Å². The van der Waals surface area contributed by atoms with E-state index in [1.165, 1.54) is 32.5 Å². The number of hydrogen-bond donors (Lipinski definition) is 2. The van der Waals surface area contributed by atoms with Crippen molar-refractivity contribution in [1.29, 1.82) is 0 Å². The zero-order chi connectivity index (χ0) is 28.4. The van der Waals surface area contributed by atoms with Crippen molar-refractivity contribution < 1.29 is 14.2 Å². The molecule has 5 aromatic carbocycles. The van der Waals surface area contributed by atoms with Gasteiger partial charge < -0.3 is 19.5 Å². The monoisotopic (exact) mass is 556 g/mol. The van der Waals surface area contributed by atoms with Crippen LogP contribution in [0, 0.1) is 0 Å². The molecule has 2 N–H and O–H groups in total. The molecule has 1 atom stereocenters. The van der Waals surface area contributed by atoms with Crippen LogP contribution in [0.15, 0.2) is 106 Å². The number of benzene rings is 5. The lowest BCUT2D eigenvalue weighted by Crippen LogP contribution is -2.49. The normalized spacial score (nSPS) is 15.4. The molecule has 0 saturated heterocycles. The summed E-state index contributed by atoms with van der Waals surface area (Å²) in [4.78, 5) is 1.30. The van der Waals surface area contributed by atoms with Gasteiger partial charge in [-0.15, -0.1) is 0 Å². The SMILES string of the molecule is CC(C)(O)C(C)(C)O[B]c1ccc2oc3cccc(-c4ccccc4C4Nc5ccc6ccccc6c5S4)c3c2c1. The molecule has 2 heterocycles. The lowest BCUT2D eigenvalue weighted by Gasteiger charge is -2.37. The largest absolute Gasteiger partial charge is 0.456 e. The topological polar surface area (TPSA) is 54.6 Å². The predicted molar refractivity (Wildman–Crippen MR) is 172 cm³/mol. The number of furan rings is 1. The Hall–Kier alpha value is -3.71. The highest BCUT2D eigenvalue weighted by molar-refractivity contribution is 8.00. The highest BCUT2D eigenvalue weighted by Crippen LogP contribution is 2.51. The number of hydrogen-bond acceptors (Lipinski definition) is 5. The van der Waals surface area contributed by atoms with Gasteiger partial charge in [0.15, 0.2) is 0 Å². The third kappa shape index (κ3) is 4.51. The summed E-state index contributed by atoms with van der Waals surface area (Å²) in [6.07, 6.45) is 0. The molecular weight excluding hydrogens is 525 g/mol. The van der Waals surface area contributed by atoms with Crippen LogP contribution >= 0.6 is 11.8 Å². The van der Waals surface area contributed by atoms with Gasteiger partial charge in [0.1, 0.15) is 16.5 Å². The van der Waals surface area contributed by atoms with Crippen LogP contribution in [0.4, 0.5) is 5.69 Å². The smallest absolute Gasteiger partial charge is 0.330 e. The molecule has 0 fully saturated rings. The Morgan fingerprint density at radius 1 is 0.805 bits per heavy atom. The molecule has 1 aliphatic rings. The molecule has 0 spiro atoms. The minimum absolute atomic E-state index is 0.0850. The average molecular weight is 557 g/mol. The second-order valence-electron chi connectivity index (χ2n) is 11.7. The standard InChI is InChI=1S/C35H31BNO3S/c1-34(2,38)35(3,4)40-36-22-17-19-29-27(20-22)31-25(14-9-15-30(31)39-29)24-12-7-8-13-26(24)33-37-28-18-16-21-10-5-6-11-23(21)32(28)41-33/h5-20,33,37-38H,1-4H3. The maximum Gasteiger partial charge on any atom is 0.330 e. The average Bonchev–Trinajstić information content (AvgIpc) is 3.57.